The van der Waals surface area contributed by atoms with Gasteiger partial charge in [-0.1, -0.05) is 0 Å². The summed E-state index contributed by atoms with van der Waals surface area (Å²) in [6.07, 6.45) is -3.04. The Morgan fingerprint density at radius 3 is 2.07 bits per heavy atom. The van der Waals surface area contributed by atoms with E-state index in [0.29, 0.717) is 0 Å². The first kappa shape index (κ1) is 11.3. The van der Waals surface area contributed by atoms with Crippen LogP contribution >= 0.6 is 0 Å². The number of hydrogen-bond acceptors (Lipinski definition) is 3. The largest absolute Gasteiger partial charge is 0.479 e. The number of aliphatic hydroxyl groups excluding tert-OH is 1. The van der Waals surface area contributed by atoms with Crippen LogP contribution < -0.4 is 5.73 Å². The van der Waals surface area contributed by atoms with Crippen LogP contribution in [0, 0.1) is 0 Å². The maximum Gasteiger partial charge on any atom is 0.334 e. The molecule has 0 bridgehead atoms. The maximum atomic E-state index is 12.7. The highest BCUT2D eigenvalue weighted by atomic mass is 19.3. The van der Waals surface area contributed by atoms with E-state index in [-0.39, 0.29) is 12.8 Å². The van der Waals surface area contributed by atoms with Crippen LogP contribution in [0.5, 0.6) is 0 Å². The van der Waals surface area contributed by atoms with Crippen molar-refractivity contribution in [2.75, 3.05) is 0 Å². The van der Waals surface area contributed by atoms with Crippen LogP contribution in [0.1, 0.15) is 25.7 Å². The Morgan fingerprint density at radius 1 is 1.29 bits per heavy atom. The van der Waals surface area contributed by atoms with Crippen molar-refractivity contribution in [3.8, 4) is 0 Å². The highest BCUT2D eigenvalue weighted by molar-refractivity contribution is 5.73. The molecule has 1 unspecified atom stereocenters. The zero-order valence-corrected chi connectivity index (χ0v) is 7.54. The third kappa shape index (κ3) is 2.19. The fourth-order valence-electron chi connectivity index (χ4n) is 1.60. The molecule has 0 aromatic rings. The van der Waals surface area contributed by atoms with Gasteiger partial charge in [-0.25, -0.2) is 13.6 Å². The average molecular weight is 209 g/mol. The molecule has 0 heterocycles. The highest BCUT2D eigenvalue weighted by Crippen LogP contribution is 2.38. The summed E-state index contributed by atoms with van der Waals surface area (Å²) >= 11 is 0. The molecular formula is C8H13F2NO3. The first-order valence-electron chi connectivity index (χ1n) is 4.34. The Balaban J connectivity index is 2.66. The summed E-state index contributed by atoms with van der Waals surface area (Å²) in [6.45, 7) is 0. The summed E-state index contributed by atoms with van der Waals surface area (Å²) in [5, 5.41) is 17.7. The number of carbonyl (C=O) groups is 1. The monoisotopic (exact) mass is 209 g/mol. The molecule has 1 fully saturated rings. The molecule has 1 rings (SSSR count). The van der Waals surface area contributed by atoms with Gasteiger partial charge in [-0.05, 0) is 12.8 Å². The van der Waals surface area contributed by atoms with Crippen molar-refractivity contribution in [2.45, 2.75) is 43.2 Å². The molecule has 0 spiro atoms. The number of halogens is 2. The number of nitrogens with two attached hydrogens (primary N) is 1. The van der Waals surface area contributed by atoms with Crippen LogP contribution in [0.25, 0.3) is 0 Å². The zero-order valence-electron chi connectivity index (χ0n) is 7.54. The van der Waals surface area contributed by atoms with Crippen molar-refractivity contribution >= 4 is 5.97 Å². The van der Waals surface area contributed by atoms with Crippen molar-refractivity contribution in [1.82, 2.24) is 0 Å². The molecule has 0 amide bonds. The molecule has 0 saturated heterocycles. The summed E-state index contributed by atoms with van der Waals surface area (Å²) in [4.78, 5) is 10.4. The number of aliphatic hydroxyl groups is 1. The summed E-state index contributed by atoms with van der Waals surface area (Å²) in [5.41, 5.74) is 4.15. The summed E-state index contributed by atoms with van der Waals surface area (Å²) in [6, 6.07) is 0. The quantitative estimate of drug-likeness (QED) is 0.612. The van der Waals surface area contributed by atoms with Gasteiger partial charge in [-0.2, -0.15) is 0 Å². The van der Waals surface area contributed by atoms with E-state index in [9.17, 15) is 18.7 Å². The molecule has 0 aromatic carbocycles. The molecule has 4 N–H and O–H groups in total. The van der Waals surface area contributed by atoms with Gasteiger partial charge in [-0.3, -0.25) is 0 Å². The topological polar surface area (TPSA) is 83.5 Å². The minimum atomic E-state index is -2.78. The van der Waals surface area contributed by atoms with E-state index in [2.05, 4.69) is 0 Å². The lowest BCUT2D eigenvalue weighted by Crippen LogP contribution is -2.57. The van der Waals surface area contributed by atoms with Crippen molar-refractivity contribution in [2.24, 2.45) is 5.73 Å². The Morgan fingerprint density at radius 2 is 1.71 bits per heavy atom. The summed E-state index contributed by atoms with van der Waals surface area (Å²) < 4.78 is 25.5. The first-order valence-corrected chi connectivity index (χ1v) is 4.34. The second kappa shape index (κ2) is 3.43. The van der Waals surface area contributed by atoms with Gasteiger partial charge < -0.3 is 15.9 Å². The second-order valence-corrected chi connectivity index (χ2v) is 3.83. The lowest BCUT2D eigenvalue weighted by Gasteiger charge is -2.38. The van der Waals surface area contributed by atoms with Gasteiger partial charge in [0, 0.05) is 12.8 Å². The molecule has 1 aliphatic carbocycles. The van der Waals surface area contributed by atoms with E-state index in [4.69, 9.17) is 10.8 Å². The van der Waals surface area contributed by atoms with Crippen molar-refractivity contribution in [1.29, 1.82) is 0 Å². The van der Waals surface area contributed by atoms with Gasteiger partial charge >= 0.3 is 5.97 Å². The zero-order chi connectivity index (χ0) is 11.0. The number of hydrogen-bond donors (Lipinski definition) is 3. The molecule has 14 heavy (non-hydrogen) atoms. The van der Waals surface area contributed by atoms with Crippen molar-refractivity contribution in [3.05, 3.63) is 0 Å². The minimum absolute atomic E-state index is 0.173. The normalized spacial score (nSPS) is 26.9. The fourth-order valence-corrected chi connectivity index (χ4v) is 1.60. The van der Waals surface area contributed by atoms with Gasteiger partial charge in [0.1, 0.15) is 0 Å². The first-order chi connectivity index (χ1) is 6.27. The molecule has 1 atom stereocenters. The number of alkyl halides is 2. The standard InChI is InChI=1S/C8H13F2NO3/c9-8(10)3-1-7(11,2-4-8)5(12)6(13)14/h5,12H,1-4,11H2,(H,13,14). The van der Waals surface area contributed by atoms with E-state index >= 15 is 0 Å². The maximum absolute atomic E-state index is 12.7. The van der Waals surface area contributed by atoms with Crippen molar-refractivity contribution in [3.63, 3.8) is 0 Å². The van der Waals surface area contributed by atoms with Gasteiger partial charge in [-0.15, -0.1) is 0 Å². The van der Waals surface area contributed by atoms with Crippen LogP contribution in [0.3, 0.4) is 0 Å². The molecule has 0 radical (unpaired) electrons. The average Bonchev–Trinajstić information content (AvgIpc) is 2.09. The third-order valence-corrected chi connectivity index (χ3v) is 2.69. The van der Waals surface area contributed by atoms with E-state index in [1.54, 1.807) is 0 Å². The smallest absolute Gasteiger partial charge is 0.334 e. The number of rotatable bonds is 2. The second-order valence-electron chi connectivity index (χ2n) is 3.83. The predicted molar refractivity (Wildman–Crippen MR) is 44.0 cm³/mol. The predicted octanol–water partition coefficient (Wildman–Crippen LogP) is 0.339. The Bertz CT molecular complexity index is 235. The molecule has 0 aliphatic heterocycles. The molecule has 1 saturated carbocycles. The van der Waals surface area contributed by atoms with Crippen LogP contribution in [-0.4, -0.2) is 33.7 Å². The van der Waals surface area contributed by atoms with Crippen LogP contribution in [0.15, 0.2) is 0 Å². The number of carboxylic acids is 1. The van der Waals surface area contributed by atoms with E-state index in [1.807, 2.05) is 0 Å². The van der Waals surface area contributed by atoms with Gasteiger partial charge in [0.2, 0.25) is 5.92 Å². The number of aliphatic carboxylic acids is 1. The molecule has 4 nitrogen and oxygen atoms in total. The van der Waals surface area contributed by atoms with Crippen LogP contribution in [0.2, 0.25) is 0 Å². The van der Waals surface area contributed by atoms with Gasteiger partial charge in [0.05, 0.1) is 5.54 Å². The third-order valence-electron chi connectivity index (χ3n) is 2.69. The Labute approximate surface area is 79.7 Å². The van der Waals surface area contributed by atoms with Gasteiger partial charge in [0.15, 0.2) is 6.10 Å². The van der Waals surface area contributed by atoms with Crippen LogP contribution in [0.4, 0.5) is 8.78 Å². The molecule has 1 aliphatic rings. The van der Waals surface area contributed by atoms with Crippen molar-refractivity contribution < 1.29 is 23.8 Å². The Hall–Kier alpha value is -0.750. The molecule has 82 valence electrons. The highest BCUT2D eigenvalue weighted by Gasteiger charge is 2.47. The molecule has 6 heteroatoms. The van der Waals surface area contributed by atoms with E-state index < -0.39 is 36.4 Å². The van der Waals surface area contributed by atoms with E-state index in [1.165, 1.54) is 0 Å². The number of carboxylic acid groups (broad SMARTS) is 1. The minimum Gasteiger partial charge on any atom is -0.479 e. The SMILES string of the molecule is NC1(C(O)C(=O)O)CCC(F)(F)CC1. The fraction of sp³-hybridized carbons (Fsp3) is 0.875. The lowest BCUT2D eigenvalue weighted by molar-refractivity contribution is -0.154. The molecular weight excluding hydrogens is 196 g/mol. The van der Waals surface area contributed by atoms with Gasteiger partial charge in [0.25, 0.3) is 0 Å². The van der Waals surface area contributed by atoms with Crippen LogP contribution in [-0.2, 0) is 4.79 Å². The summed E-state index contributed by atoms with van der Waals surface area (Å²) in [7, 11) is 0. The lowest BCUT2D eigenvalue weighted by atomic mass is 9.77. The Kier molecular flexibility index (Phi) is 2.78. The van der Waals surface area contributed by atoms with E-state index in [0.717, 1.165) is 0 Å². The summed E-state index contributed by atoms with van der Waals surface area (Å²) in [5.74, 6) is -4.24. The molecule has 0 aromatic heterocycles.